The van der Waals surface area contributed by atoms with Gasteiger partial charge in [0.1, 0.15) is 0 Å². The summed E-state index contributed by atoms with van der Waals surface area (Å²) in [6.07, 6.45) is 0. The van der Waals surface area contributed by atoms with Crippen molar-refractivity contribution in [3.05, 3.63) is 59.2 Å². The highest BCUT2D eigenvalue weighted by molar-refractivity contribution is 14.0. The lowest BCUT2D eigenvalue weighted by Crippen LogP contribution is -2.38. The number of ether oxygens (including phenoxy) is 1. The number of benzene rings is 2. The van der Waals surface area contributed by atoms with E-state index in [-0.39, 0.29) is 42.3 Å². The van der Waals surface area contributed by atoms with E-state index in [9.17, 15) is 13.9 Å². The molecule has 8 heteroatoms. The van der Waals surface area contributed by atoms with Crippen LogP contribution >= 0.6 is 24.0 Å². The number of hydrogen-bond donors (Lipinski definition) is 3. The molecule has 0 aliphatic rings. The van der Waals surface area contributed by atoms with E-state index < -0.39 is 17.4 Å². The monoisotopic (exact) mass is 491 g/mol. The highest BCUT2D eigenvalue weighted by Gasteiger charge is 2.11. The average Bonchev–Trinajstić information content (AvgIpc) is 2.62. The molecule has 0 amide bonds. The van der Waals surface area contributed by atoms with Crippen molar-refractivity contribution in [2.45, 2.75) is 26.4 Å². The van der Waals surface area contributed by atoms with Gasteiger partial charge in [0.25, 0.3) is 0 Å². The molecule has 5 nitrogen and oxygen atoms in total. The Labute approximate surface area is 174 Å². The lowest BCUT2D eigenvalue weighted by atomic mass is 10.1. The van der Waals surface area contributed by atoms with Crippen molar-refractivity contribution in [1.29, 1.82) is 0 Å². The number of nitrogens with one attached hydrogen (secondary N) is 2. The van der Waals surface area contributed by atoms with Crippen LogP contribution in [-0.4, -0.2) is 24.7 Å². The Hall–Kier alpha value is -2.10. The molecule has 2 rings (SSSR count). The predicted octanol–water partition coefficient (Wildman–Crippen LogP) is 4.11. The Morgan fingerprint density at radius 3 is 2.52 bits per heavy atom. The molecule has 0 aliphatic heterocycles. The summed E-state index contributed by atoms with van der Waals surface area (Å²) in [5, 5.41) is 15.5. The van der Waals surface area contributed by atoms with Crippen LogP contribution in [-0.2, 0) is 6.54 Å². The first kappa shape index (κ1) is 22.9. The molecule has 0 fully saturated rings. The van der Waals surface area contributed by atoms with Crippen LogP contribution in [0.5, 0.6) is 11.5 Å². The van der Waals surface area contributed by atoms with E-state index in [2.05, 4.69) is 15.6 Å². The Bertz CT molecular complexity index is 788. The lowest BCUT2D eigenvalue weighted by Gasteiger charge is -2.18. The molecule has 2 aromatic carbocycles. The number of nitrogens with zero attached hydrogens (tertiary/aromatic N) is 1. The van der Waals surface area contributed by atoms with Gasteiger partial charge < -0.3 is 20.5 Å². The standard InChI is InChI=1S/C19H23F2N3O2.HI/c1-4-22-19(23-11-13-5-7-17(25)15(20)9-13)24-12(2)14-6-8-18(26-3)16(21)10-14;/h5-10,12,25H,4,11H2,1-3H3,(H2,22,23,24);1H. The summed E-state index contributed by atoms with van der Waals surface area (Å²) >= 11 is 0. The molecular weight excluding hydrogens is 467 g/mol. The first-order valence-electron chi connectivity index (χ1n) is 8.30. The average molecular weight is 491 g/mol. The molecule has 1 unspecified atom stereocenters. The second-order valence-electron chi connectivity index (χ2n) is 5.74. The van der Waals surface area contributed by atoms with Crippen molar-refractivity contribution in [3.63, 3.8) is 0 Å². The first-order valence-corrected chi connectivity index (χ1v) is 8.30. The Morgan fingerprint density at radius 2 is 1.93 bits per heavy atom. The minimum Gasteiger partial charge on any atom is -0.505 e. The van der Waals surface area contributed by atoms with Gasteiger partial charge in [0.05, 0.1) is 19.7 Å². The first-order chi connectivity index (χ1) is 12.4. The molecule has 0 saturated carbocycles. The van der Waals surface area contributed by atoms with Gasteiger partial charge in [-0.15, -0.1) is 24.0 Å². The van der Waals surface area contributed by atoms with E-state index in [0.29, 0.717) is 18.1 Å². The number of phenols is 1. The maximum atomic E-state index is 13.9. The fraction of sp³-hybridized carbons (Fsp3) is 0.316. The van der Waals surface area contributed by atoms with Crippen molar-refractivity contribution >= 4 is 29.9 Å². The van der Waals surface area contributed by atoms with Crippen LogP contribution in [0.25, 0.3) is 0 Å². The third-order valence-corrected chi connectivity index (χ3v) is 3.81. The van der Waals surface area contributed by atoms with Gasteiger partial charge in [-0.1, -0.05) is 12.1 Å². The van der Waals surface area contributed by atoms with Crippen LogP contribution < -0.4 is 15.4 Å². The number of phenolic OH excluding ortho intramolecular Hbond substituents is 1. The van der Waals surface area contributed by atoms with Crippen molar-refractivity contribution in [2.24, 2.45) is 4.99 Å². The maximum Gasteiger partial charge on any atom is 0.192 e. The van der Waals surface area contributed by atoms with E-state index in [4.69, 9.17) is 4.74 Å². The van der Waals surface area contributed by atoms with E-state index in [1.54, 1.807) is 18.2 Å². The summed E-state index contributed by atoms with van der Waals surface area (Å²) in [5.41, 5.74) is 1.37. The summed E-state index contributed by atoms with van der Waals surface area (Å²) in [7, 11) is 1.42. The van der Waals surface area contributed by atoms with Crippen LogP contribution in [0.3, 0.4) is 0 Å². The topological polar surface area (TPSA) is 65.9 Å². The molecule has 0 spiro atoms. The van der Waals surface area contributed by atoms with Gasteiger partial charge in [-0.3, -0.25) is 0 Å². The lowest BCUT2D eigenvalue weighted by molar-refractivity contribution is 0.386. The van der Waals surface area contributed by atoms with E-state index in [0.717, 1.165) is 5.56 Å². The van der Waals surface area contributed by atoms with Gasteiger partial charge in [0.15, 0.2) is 29.1 Å². The Balaban J connectivity index is 0.00000364. The predicted molar refractivity (Wildman–Crippen MR) is 113 cm³/mol. The molecule has 0 heterocycles. The molecule has 0 bridgehead atoms. The van der Waals surface area contributed by atoms with Crippen LogP contribution in [0.2, 0.25) is 0 Å². The number of halogens is 3. The summed E-state index contributed by atoms with van der Waals surface area (Å²) in [6, 6.07) is 8.70. The largest absolute Gasteiger partial charge is 0.505 e. The molecule has 27 heavy (non-hydrogen) atoms. The summed E-state index contributed by atoms with van der Waals surface area (Å²) in [6.45, 7) is 4.68. The van der Waals surface area contributed by atoms with Gasteiger partial charge in [-0.25, -0.2) is 13.8 Å². The molecule has 2 aromatic rings. The van der Waals surface area contributed by atoms with Gasteiger partial charge >= 0.3 is 0 Å². The minimum atomic E-state index is -0.683. The van der Waals surface area contributed by atoms with Crippen molar-refractivity contribution in [3.8, 4) is 11.5 Å². The van der Waals surface area contributed by atoms with E-state index >= 15 is 0 Å². The van der Waals surface area contributed by atoms with Gasteiger partial charge in [-0.05, 0) is 49.2 Å². The molecule has 1 atom stereocenters. The van der Waals surface area contributed by atoms with E-state index in [1.165, 1.54) is 25.3 Å². The zero-order valence-corrected chi connectivity index (χ0v) is 17.8. The molecule has 0 saturated heterocycles. The van der Waals surface area contributed by atoms with Crippen LogP contribution in [0, 0.1) is 11.6 Å². The highest BCUT2D eigenvalue weighted by Crippen LogP contribution is 2.21. The van der Waals surface area contributed by atoms with Crippen LogP contribution in [0.15, 0.2) is 41.4 Å². The SMILES string of the molecule is CCNC(=NCc1ccc(O)c(F)c1)NC(C)c1ccc(OC)c(F)c1.I. The zero-order chi connectivity index (χ0) is 19.1. The summed E-state index contributed by atoms with van der Waals surface area (Å²) in [5.74, 6) is -0.795. The number of methoxy groups -OCH3 is 1. The molecule has 0 aromatic heterocycles. The van der Waals surface area contributed by atoms with Crippen molar-refractivity contribution in [2.75, 3.05) is 13.7 Å². The Morgan fingerprint density at radius 1 is 1.19 bits per heavy atom. The van der Waals surface area contributed by atoms with Crippen LogP contribution in [0.4, 0.5) is 8.78 Å². The highest BCUT2D eigenvalue weighted by atomic mass is 127. The van der Waals surface area contributed by atoms with Crippen molar-refractivity contribution < 1.29 is 18.6 Å². The molecule has 3 N–H and O–H groups in total. The molecule has 148 valence electrons. The fourth-order valence-corrected chi connectivity index (χ4v) is 2.38. The number of aliphatic imine (C=N–C) groups is 1. The summed E-state index contributed by atoms with van der Waals surface area (Å²) in [4.78, 5) is 4.40. The molecule has 0 radical (unpaired) electrons. The number of hydrogen-bond acceptors (Lipinski definition) is 3. The molecule has 0 aliphatic carbocycles. The minimum absolute atomic E-state index is 0. The van der Waals surface area contributed by atoms with Crippen molar-refractivity contribution in [1.82, 2.24) is 10.6 Å². The smallest absolute Gasteiger partial charge is 0.192 e. The number of aromatic hydroxyl groups is 1. The second-order valence-corrected chi connectivity index (χ2v) is 5.74. The number of guanidine groups is 1. The third kappa shape index (κ3) is 6.53. The van der Waals surface area contributed by atoms with Gasteiger partial charge in [-0.2, -0.15) is 0 Å². The Kier molecular flexibility index (Phi) is 9.27. The molecular formula is C19H24F2IN3O2. The van der Waals surface area contributed by atoms with Gasteiger partial charge in [0.2, 0.25) is 0 Å². The second kappa shape index (κ2) is 10.9. The summed E-state index contributed by atoms with van der Waals surface area (Å²) < 4.78 is 32.2. The zero-order valence-electron chi connectivity index (χ0n) is 15.4. The normalized spacial score (nSPS) is 12.1. The quantitative estimate of drug-likeness (QED) is 0.323. The van der Waals surface area contributed by atoms with Gasteiger partial charge in [0, 0.05) is 6.54 Å². The van der Waals surface area contributed by atoms with E-state index in [1.807, 2.05) is 13.8 Å². The number of rotatable bonds is 6. The fourth-order valence-electron chi connectivity index (χ4n) is 2.38. The maximum absolute atomic E-state index is 13.9. The third-order valence-electron chi connectivity index (χ3n) is 3.81. The van der Waals surface area contributed by atoms with Crippen LogP contribution in [0.1, 0.15) is 31.0 Å².